The van der Waals surface area contributed by atoms with E-state index in [1.165, 1.54) is 0 Å². The van der Waals surface area contributed by atoms with Crippen molar-refractivity contribution in [2.24, 2.45) is 0 Å². The fourth-order valence-corrected chi connectivity index (χ4v) is 8.25. The SMILES string of the molecule is O=C1O[C@H]2[C@H]3OC(=O)c4cc(O)c(O)c(O)c4-c4c(cc(O)c(O)c4O)C(=O)OC[C@@H]2O[C@@H](OC(=O)c2cc(O)c(O)c(O)c2)[C@H]3OC(=O)c2cc(O)c(O)c3c2C2C1=CC(=O)[C@](O)(O3)C2(O)O. The number of carbonyl (C=O) groups is 6. The van der Waals surface area contributed by atoms with Crippen molar-refractivity contribution in [2.45, 2.75) is 48.2 Å². The van der Waals surface area contributed by atoms with Crippen LogP contribution >= 0.6 is 0 Å². The smallest absolute Gasteiger partial charge is 0.340 e. The second-order valence-electron chi connectivity index (χ2n) is 15.5. The molecule has 6 bridgehead atoms. The standard InChI is InChI=1S/C41H28O27/c42-13-1-8(2-14(43)24(13)48)34(54)67-39-33-32-30(64-38(58)12-6-19(47)41(61)40(59,60)23(12)22-11(37(57)66-33)5-17(46)27(51)31(22)68-41)18(63-39)7-62-35(55)9-3-15(44)25(49)28(52)20(9)21-10(36(56)65-32)4-16(45)26(50)29(21)53/h1-6,18,23,30,32-33,39,42-46,48-53,59-61H,7H2/t18-,23?,30+,32+,33-,39-,41-/m0/s1. The topological polar surface area (TPSA) is 450 Å². The van der Waals surface area contributed by atoms with Crippen LogP contribution in [0.4, 0.5) is 0 Å². The van der Waals surface area contributed by atoms with Gasteiger partial charge in [-0.3, -0.25) is 4.79 Å². The lowest BCUT2D eigenvalue weighted by atomic mass is 9.70. The number of phenols is 11. The van der Waals surface area contributed by atoms with Crippen molar-refractivity contribution in [3.05, 3.63) is 69.8 Å². The number of rotatable bonds is 2. The normalized spacial score (nSPS) is 25.7. The summed E-state index contributed by atoms with van der Waals surface area (Å²) in [6, 6.07) is 2.32. The number of carbonyl (C=O) groups excluding carboxylic acids is 6. The van der Waals surface area contributed by atoms with E-state index in [4.69, 9.17) is 33.2 Å². The Bertz CT molecular complexity index is 3020. The molecule has 1 aliphatic carbocycles. The van der Waals surface area contributed by atoms with Crippen LogP contribution in [0.3, 0.4) is 0 Å². The van der Waals surface area contributed by atoms with Gasteiger partial charge in [-0.2, -0.15) is 0 Å². The Balaban J connectivity index is 1.30. The van der Waals surface area contributed by atoms with Crippen molar-refractivity contribution in [3.63, 3.8) is 0 Å². The number of hydrogen-bond donors (Lipinski definition) is 14. The maximum Gasteiger partial charge on any atom is 0.340 e. The summed E-state index contributed by atoms with van der Waals surface area (Å²) < 4.78 is 38.9. The minimum Gasteiger partial charge on any atom is -0.504 e. The molecule has 1 saturated heterocycles. The number of esters is 5. The van der Waals surface area contributed by atoms with Crippen molar-refractivity contribution < 1.29 is 133 Å². The molecule has 27 nitrogen and oxygen atoms in total. The molecule has 7 atom stereocenters. The summed E-state index contributed by atoms with van der Waals surface area (Å²) in [6.45, 7) is -1.31. The van der Waals surface area contributed by atoms with Gasteiger partial charge in [-0.15, -0.1) is 0 Å². The fraction of sp³-hybridized carbons (Fsp3) is 0.220. The van der Waals surface area contributed by atoms with Crippen LogP contribution < -0.4 is 4.74 Å². The Morgan fingerprint density at radius 2 is 1.07 bits per heavy atom. The summed E-state index contributed by atoms with van der Waals surface area (Å²) in [5.74, 6) is -36.5. The van der Waals surface area contributed by atoms with Gasteiger partial charge in [-0.1, -0.05) is 0 Å². The Morgan fingerprint density at radius 1 is 0.574 bits per heavy atom. The highest BCUT2D eigenvalue weighted by Crippen LogP contribution is 2.59. The summed E-state index contributed by atoms with van der Waals surface area (Å²) in [4.78, 5) is 84.8. The molecule has 4 aliphatic heterocycles. The molecule has 0 radical (unpaired) electrons. The van der Waals surface area contributed by atoms with E-state index in [0.717, 1.165) is 0 Å². The lowest BCUT2D eigenvalue weighted by Gasteiger charge is -2.49. The summed E-state index contributed by atoms with van der Waals surface area (Å²) >= 11 is 0. The number of benzene rings is 4. The van der Waals surface area contributed by atoms with Crippen LogP contribution in [-0.2, 0) is 38.0 Å². The molecule has 354 valence electrons. The quantitative estimate of drug-likeness (QED) is 0.0491. The van der Waals surface area contributed by atoms with Crippen LogP contribution in [0.1, 0.15) is 52.9 Å². The highest BCUT2D eigenvalue weighted by Gasteiger charge is 2.70. The Labute approximate surface area is 373 Å². The molecule has 1 unspecified atom stereocenters. The van der Waals surface area contributed by atoms with Gasteiger partial charge in [0.15, 0.2) is 64.0 Å². The molecule has 4 heterocycles. The van der Waals surface area contributed by atoms with Gasteiger partial charge < -0.3 is 105 Å². The van der Waals surface area contributed by atoms with E-state index in [0.29, 0.717) is 30.3 Å². The van der Waals surface area contributed by atoms with Crippen LogP contribution in [0.5, 0.6) is 69.0 Å². The van der Waals surface area contributed by atoms with E-state index in [9.17, 15) is 100 Å². The average Bonchev–Trinajstić information content (AvgIpc) is 3.28. The maximum absolute atomic E-state index is 14.6. The summed E-state index contributed by atoms with van der Waals surface area (Å²) in [7, 11) is 0. The molecule has 1 fully saturated rings. The number of hydrogen-bond acceptors (Lipinski definition) is 27. The number of aliphatic hydroxyl groups is 3. The molecule has 9 rings (SSSR count). The third-order valence-electron chi connectivity index (χ3n) is 11.5. The zero-order valence-corrected chi connectivity index (χ0v) is 33.2. The van der Waals surface area contributed by atoms with E-state index in [2.05, 4.69) is 0 Å². The zero-order chi connectivity index (χ0) is 49.4. The van der Waals surface area contributed by atoms with E-state index >= 15 is 0 Å². The second kappa shape index (κ2) is 14.8. The molecule has 4 aromatic carbocycles. The number of ether oxygens (including phenoxy) is 7. The van der Waals surface area contributed by atoms with E-state index in [1.54, 1.807) is 0 Å². The molecular formula is C41H28O27. The van der Waals surface area contributed by atoms with Gasteiger partial charge in [0.2, 0.25) is 35.4 Å². The predicted octanol–water partition coefficient (Wildman–Crippen LogP) is -1.10. The van der Waals surface area contributed by atoms with Crippen LogP contribution in [0.15, 0.2) is 42.0 Å². The molecule has 68 heavy (non-hydrogen) atoms. The molecule has 14 N–H and O–H groups in total. The zero-order valence-electron chi connectivity index (χ0n) is 33.2. The first kappa shape index (κ1) is 44.3. The monoisotopic (exact) mass is 952 g/mol. The summed E-state index contributed by atoms with van der Waals surface area (Å²) in [6.07, 6.45) is -12.1. The second-order valence-corrected chi connectivity index (χ2v) is 15.5. The third kappa shape index (κ3) is 6.21. The van der Waals surface area contributed by atoms with Crippen molar-refractivity contribution in [1.29, 1.82) is 0 Å². The Kier molecular flexibility index (Phi) is 9.64. The maximum atomic E-state index is 14.6. The number of ketones is 1. The van der Waals surface area contributed by atoms with Crippen LogP contribution in [0.25, 0.3) is 11.1 Å². The highest BCUT2D eigenvalue weighted by molar-refractivity contribution is 6.10. The summed E-state index contributed by atoms with van der Waals surface area (Å²) in [5.41, 5.74) is -8.48. The van der Waals surface area contributed by atoms with Crippen molar-refractivity contribution in [3.8, 4) is 80.1 Å². The van der Waals surface area contributed by atoms with Gasteiger partial charge in [0.1, 0.15) is 12.7 Å². The Morgan fingerprint density at radius 3 is 1.68 bits per heavy atom. The summed E-state index contributed by atoms with van der Waals surface area (Å²) in [5, 5.41) is 150. The van der Waals surface area contributed by atoms with Gasteiger partial charge in [0.25, 0.3) is 5.79 Å². The predicted molar refractivity (Wildman–Crippen MR) is 204 cm³/mol. The number of aromatic hydroxyl groups is 11. The highest BCUT2D eigenvalue weighted by atomic mass is 16.8. The molecular weight excluding hydrogens is 924 g/mol. The molecule has 0 aromatic heterocycles. The van der Waals surface area contributed by atoms with Gasteiger partial charge in [-0.25, -0.2) is 24.0 Å². The van der Waals surface area contributed by atoms with Crippen LogP contribution in [-0.4, -0.2) is 156 Å². The lowest BCUT2D eigenvalue weighted by molar-refractivity contribution is -0.339. The number of phenolic OH excluding ortho intramolecular Hbond substituents is 11. The minimum absolute atomic E-state index is 0.264. The largest absolute Gasteiger partial charge is 0.504 e. The molecule has 0 saturated carbocycles. The number of cyclic esters (lactones) is 1. The molecule has 0 amide bonds. The van der Waals surface area contributed by atoms with E-state index in [1.807, 2.05) is 0 Å². The van der Waals surface area contributed by atoms with E-state index < -0.39 is 204 Å². The van der Waals surface area contributed by atoms with Crippen molar-refractivity contribution >= 4 is 35.6 Å². The van der Waals surface area contributed by atoms with Gasteiger partial charge in [-0.05, 0) is 36.4 Å². The molecule has 27 heteroatoms. The first-order valence-corrected chi connectivity index (χ1v) is 19.1. The van der Waals surface area contributed by atoms with Crippen molar-refractivity contribution in [1.82, 2.24) is 0 Å². The lowest BCUT2D eigenvalue weighted by Crippen LogP contribution is -2.70. The van der Waals surface area contributed by atoms with Crippen LogP contribution in [0, 0.1) is 0 Å². The first-order chi connectivity index (χ1) is 31.9. The molecule has 4 aromatic rings. The fourth-order valence-electron chi connectivity index (χ4n) is 8.25. The van der Waals surface area contributed by atoms with E-state index in [-0.39, 0.29) is 6.08 Å². The minimum atomic E-state index is -3.98. The first-order valence-electron chi connectivity index (χ1n) is 19.1. The van der Waals surface area contributed by atoms with Gasteiger partial charge in [0.05, 0.1) is 33.7 Å². The Hall–Kier alpha value is -8.92. The van der Waals surface area contributed by atoms with Crippen molar-refractivity contribution in [2.75, 3.05) is 6.61 Å². The van der Waals surface area contributed by atoms with Gasteiger partial charge >= 0.3 is 35.6 Å². The molecule has 5 aliphatic rings. The third-order valence-corrected chi connectivity index (χ3v) is 11.5. The van der Waals surface area contributed by atoms with Gasteiger partial charge in [0, 0.05) is 16.7 Å². The van der Waals surface area contributed by atoms with Crippen LogP contribution in [0.2, 0.25) is 0 Å². The molecule has 0 spiro atoms. The number of fused-ring (bicyclic) bond motifs is 4. The average molecular weight is 953 g/mol.